The van der Waals surface area contributed by atoms with Gasteiger partial charge in [-0.15, -0.1) is 12.4 Å². The van der Waals surface area contributed by atoms with Crippen molar-refractivity contribution in [1.29, 1.82) is 0 Å². The number of aryl methyl sites for hydroxylation is 1. The maximum atomic E-state index is 5.80. The van der Waals surface area contributed by atoms with Crippen molar-refractivity contribution in [1.82, 2.24) is 4.90 Å². The molecule has 1 aromatic carbocycles. The number of rotatable bonds is 7. The predicted molar refractivity (Wildman–Crippen MR) is 88.8 cm³/mol. The fourth-order valence-corrected chi connectivity index (χ4v) is 2.35. The summed E-state index contributed by atoms with van der Waals surface area (Å²) in [4.78, 5) is 2.34. The van der Waals surface area contributed by atoms with Gasteiger partial charge in [-0.2, -0.15) is 0 Å². The van der Waals surface area contributed by atoms with Crippen molar-refractivity contribution in [2.45, 2.75) is 33.7 Å². The van der Waals surface area contributed by atoms with Gasteiger partial charge < -0.3 is 15.4 Å². The highest BCUT2D eigenvalue weighted by Gasteiger charge is 2.18. The summed E-state index contributed by atoms with van der Waals surface area (Å²) < 4.78 is 5.28. The number of methoxy groups -OCH3 is 1. The Morgan fingerprint density at radius 3 is 2.40 bits per heavy atom. The summed E-state index contributed by atoms with van der Waals surface area (Å²) in [7, 11) is 3.87. The monoisotopic (exact) mass is 300 g/mol. The third kappa shape index (κ3) is 5.70. The van der Waals surface area contributed by atoms with Crippen LogP contribution in [0.4, 0.5) is 0 Å². The van der Waals surface area contributed by atoms with Crippen LogP contribution in [-0.4, -0.2) is 32.1 Å². The lowest BCUT2D eigenvalue weighted by atomic mass is 9.93. The Morgan fingerprint density at radius 2 is 1.90 bits per heavy atom. The maximum absolute atomic E-state index is 5.80. The van der Waals surface area contributed by atoms with E-state index in [9.17, 15) is 0 Å². The summed E-state index contributed by atoms with van der Waals surface area (Å²) in [6.07, 6.45) is 1.03. The van der Waals surface area contributed by atoms with E-state index in [0.29, 0.717) is 6.54 Å². The minimum Gasteiger partial charge on any atom is -0.497 e. The molecule has 0 saturated heterocycles. The number of halogens is 1. The van der Waals surface area contributed by atoms with Gasteiger partial charge in [-0.3, -0.25) is 0 Å². The molecule has 0 bridgehead atoms. The highest BCUT2D eigenvalue weighted by molar-refractivity contribution is 5.85. The maximum Gasteiger partial charge on any atom is 0.119 e. The molecular weight excluding hydrogens is 272 g/mol. The first-order valence-electron chi connectivity index (χ1n) is 6.96. The average molecular weight is 301 g/mol. The molecule has 20 heavy (non-hydrogen) atoms. The molecule has 2 N–H and O–H groups in total. The van der Waals surface area contributed by atoms with Gasteiger partial charge in [-0.05, 0) is 48.7 Å². The van der Waals surface area contributed by atoms with Crippen LogP contribution in [0.25, 0.3) is 0 Å². The Kier molecular flexibility index (Phi) is 8.17. The van der Waals surface area contributed by atoms with Crippen molar-refractivity contribution >= 4 is 12.4 Å². The van der Waals surface area contributed by atoms with Crippen molar-refractivity contribution in [2.24, 2.45) is 11.1 Å². The lowest BCUT2D eigenvalue weighted by Gasteiger charge is -2.29. The topological polar surface area (TPSA) is 38.5 Å². The first-order valence-corrected chi connectivity index (χ1v) is 6.96. The SMILES string of the molecule is CCc1cc(OC)ccc1CN(C)CC(C)(C)CN.Cl. The highest BCUT2D eigenvalue weighted by Crippen LogP contribution is 2.21. The number of nitrogens with zero attached hydrogens (tertiary/aromatic N) is 1. The second kappa shape index (κ2) is 8.50. The minimum absolute atomic E-state index is 0. The van der Waals surface area contributed by atoms with Crippen LogP contribution < -0.4 is 10.5 Å². The number of hydrogen-bond acceptors (Lipinski definition) is 3. The zero-order valence-electron chi connectivity index (χ0n) is 13.4. The molecule has 0 atom stereocenters. The summed E-state index contributed by atoms with van der Waals surface area (Å²) in [5, 5.41) is 0. The molecule has 0 spiro atoms. The molecule has 0 saturated carbocycles. The van der Waals surface area contributed by atoms with Gasteiger partial charge in [0.15, 0.2) is 0 Å². The average Bonchev–Trinajstić information content (AvgIpc) is 2.38. The molecule has 0 heterocycles. The molecule has 0 unspecified atom stereocenters. The second-order valence-corrected chi connectivity index (χ2v) is 6.03. The van der Waals surface area contributed by atoms with Gasteiger partial charge in [0.25, 0.3) is 0 Å². The van der Waals surface area contributed by atoms with Crippen molar-refractivity contribution in [2.75, 3.05) is 27.2 Å². The van der Waals surface area contributed by atoms with Gasteiger partial charge in [0.1, 0.15) is 5.75 Å². The molecule has 0 aliphatic carbocycles. The van der Waals surface area contributed by atoms with E-state index in [4.69, 9.17) is 10.5 Å². The van der Waals surface area contributed by atoms with Gasteiger partial charge >= 0.3 is 0 Å². The van der Waals surface area contributed by atoms with Gasteiger partial charge in [-0.25, -0.2) is 0 Å². The molecule has 0 amide bonds. The molecule has 0 fully saturated rings. The number of nitrogens with two attached hydrogens (primary N) is 1. The van der Waals surface area contributed by atoms with Crippen molar-refractivity contribution in [3.8, 4) is 5.75 Å². The first kappa shape index (κ1) is 19.2. The molecular formula is C16H29ClN2O. The minimum atomic E-state index is 0. The molecule has 116 valence electrons. The third-order valence-electron chi connectivity index (χ3n) is 3.49. The lowest BCUT2D eigenvalue weighted by Crippen LogP contribution is -2.36. The fraction of sp³-hybridized carbons (Fsp3) is 0.625. The highest BCUT2D eigenvalue weighted by atomic mass is 35.5. The van der Waals surface area contributed by atoms with Crippen molar-refractivity contribution < 1.29 is 4.74 Å². The normalized spacial score (nSPS) is 11.3. The largest absolute Gasteiger partial charge is 0.497 e. The van der Waals surface area contributed by atoms with E-state index in [-0.39, 0.29) is 17.8 Å². The molecule has 0 radical (unpaired) electrons. The lowest BCUT2D eigenvalue weighted by molar-refractivity contribution is 0.209. The van der Waals surface area contributed by atoms with E-state index < -0.39 is 0 Å². The van der Waals surface area contributed by atoms with Crippen LogP contribution in [0.3, 0.4) is 0 Å². The molecule has 1 aromatic rings. The molecule has 0 aliphatic rings. The van der Waals surface area contributed by atoms with Crippen LogP contribution >= 0.6 is 12.4 Å². The second-order valence-electron chi connectivity index (χ2n) is 6.03. The molecule has 0 aromatic heterocycles. The number of hydrogen-bond donors (Lipinski definition) is 1. The van der Waals surface area contributed by atoms with Gasteiger partial charge in [0.2, 0.25) is 0 Å². The summed E-state index contributed by atoms with van der Waals surface area (Å²) in [5.41, 5.74) is 8.69. The third-order valence-corrected chi connectivity index (χ3v) is 3.49. The number of ether oxygens (including phenoxy) is 1. The van der Waals surface area contributed by atoms with E-state index in [2.05, 4.69) is 44.9 Å². The van der Waals surface area contributed by atoms with Crippen LogP contribution in [0.5, 0.6) is 5.75 Å². The van der Waals surface area contributed by atoms with E-state index >= 15 is 0 Å². The Labute approximate surface area is 129 Å². The number of benzene rings is 1. The van der Waals surface area contributed by atoms with E-state index in [0.717, 1.165) is 25.3 Å². The van der Waals surface area contributed by atoms with Gasteiger partial charge in [-0.1, -0.05) is 26.8 Å². The Morgan fingerprint density at radius 1 is 1.25 bits per heavy atom. The predicted octanol–water partition coefficient (Wildman–Crippen LogP) is 3.10. The van der Waals surface area contributed by atoms with E-state index in [1.54, 1.807) is 7.11 Å². The molecule has 1 rings (SSSR count). The van der Waals surface area contributed by atoms with Crippen LogP contribution in [0.1, 0.15) is 31.9 Å². The van der Waals surface area contributed by atoms with Crippen LogP contribution in [-0.2, 0) is 13.0 Å². The standard InChI is InChI=1S/C16H28N2O.ClH/c1-6-13-9-15(19-5)8-7-14(13)10-18(4)12-16(2,3)11-17;/h7-9H,6,10-12,17H2,1-5H3;1H. The quantitative estimate of drug-likeness (QED) is 0.841. The Hall–Kier alpha value is -0.770. The Bertz CT molecular complexity index is 407. The summed E-state index contributed by atoms with van der Waals surface area (Å²) in [6, 6.07) is 6.34. The summed E-state index contributed by atoms with van der Waals surface area (Å²) >= 11 is 0. The zero-order chi connectivity index (χ0) is 14.5. The van der Waals surface area contributed by atoms with Crippen molar-refractivity contribution in [3.05, 3.63) is 29.3 Å². The smallest absolute Gasteiger partial charge is 0.119 e. The molecule has 0 aliphatic heterocycles. The van der Waals surface area contributed by atoms with Crippen LogP contribution in [0.15, 0.2) is 18.2 Å². The molecule has 3 nitrogen and oxygen atoms in total. The molecule has 4 heteroatoms. The summed E-state index contributed by atoms with van der Waals surface area (Å²) in [6.45, 7) is 9.26. The Balaban J connectivity index is 0.00000361. The van der Waals surface area contributed by atoms with E-state index in [1.165, 1.54) is 11.1 Å². The fourth-order valence-electron chi connectivity index (χ4n) is 2.35. The zero-order valence-corrected chi connectivity index (χ0v) is 14.2. The van der Waals surface area contributed by atoms with Gasteiger partial charge in [0, 0.05) is 13.1 Å². The van der Waals surface area contributed by atoms with E-state index in [1.807, 2.05) is 6.07 Å². The van der Waals surface area contributed by atoms with Gasteiger partial charge in [0.05, 0.1) is 7.11 Å². The summed E-state index contributed by atoms with van der Waals surface area (Å²) in [5.74, 6) is 0.936. The van der Waals surface area contributed by atoms with Crippen molar-refractivity contribution in [3.63, 3.8) is 0 Å². The van der Waals surface area contributed by atoms with Crippen LogP contribution in [0.2, 0.25) is 0 Å². The van der Waals surface area contributed by atoms with Crippen LogP contribution in [0, 0.1) is 5.41 Å². The first-order chi connectivity index (χ1) is 8.91.